The van der Waals surface area contributed by atoms with E-state index in [2.05, 4.69) is 19.1 Å². The van der Waals surface area contributed by atoms with Gasteiger partial charge in [-0.1, -0.05) is 48.0 Å². The van der Waals surface area contributed by atoms with Crippen molar-refractivity contribution in [3.63, 3.8) is 0 Å². The normalized spacial score (nSPS) is 18.0. The van der Waals surface area contributed by atoms with Crippen LogP contribution in [0.3, 0.4) is 0 Å². The van der Waals surface area contributed by atoms with Crippen molar-refractivity contribution in [1.82, 2.24) is 0 Å². The lowest BCUT2D eigenvalue weighted by Gasteiger charge is -2.11. The van der Waals surface area contributed by atoms with E-state index in [1.54, 1.807) is 4.90 Å². The lowest BCUT2D eigenvalue weighted by molar-refractivity contribution is -0.118. The minimum atomic E-state index is -0.146. The number of nitrogens with zero attached hydrogens (tertiary/aromatic N) is 1. The Morgan fingerprint density at radius 1 is 1.00 bits per heavy atom. The first-order valence-electron chi connectivity index (χ1n) is 6.11. The molecule has 2 nitrogen and oxygen atoms in total. The van der Waals surface area contributed by atoms with Gasteiger partial charge in [-0.15, -0.1) is 0 Å². The highest BCUT2D eigenvalue weighted by atomic mass is 16.2. The monoisotopic (exact) mass is 237 g/mol. The number of hydrogen-bond acceptors (Lipinski definition) is 1. The molecule has 0 radical (unpaired) electrons. The predicted octanol–water partition coefficient (Wildman–Crippen LogP) is 3.10. The first-order chi connectivity index (χ1) is 8.68. The topological polar surface area (TPSA) is 20.3 Å². The summed E-state index contributed by atoms with van der Waals surface area (Å²) in [5.41, 5.74) is 4.41. The summed E-state index contributed by atoms with van der Waals surface area (Å²) in [7, 11) is 1.84. The maximum Gasteiger partial charge on any atom is 0.238 e. The minimum Gasteiger partial charge on any atom is -0.314 e. The molecule has 3 rings (SSSR count). The lowest BCUT2D eigenvalue weighted by Crippen LogP contribution is -2.24. The Kier molecular flexibility index (Phi) is 2.44. The minimum absolute atomic E-state index is 0.146. The molecule has 0 aromatic heterocycles. The summed E-state index contributed by atoms with van der Waals surface area (Å²) in [4.78, 5) is 14.1. The van der Waals surface area contributed by atoms with Crippen LogP contribution in [0.4, 0.5) is 5.69 Å². The summed E-state index contributed by atoms with van der Waals surface area (Å²) in [5.74, 6) is 0.00635. The highest BCUT2D eigenvalue weighted by Crippen LogP contribution is 2.39. The lowest BCUT2D eigenvalue weighted by atomic mass is 9.92. The van der Waals surface area contributed by atoms with Crippen LogP contribution < -0.4 is 4.90 Å². The van der Waals surface area contributed by atoms with Gasteiger partial charge in [0, 0.05) is 12.7 Å². The molecule has 1 aliphatic heterocycles. The van der Waals surface area contributed by atoms with Crippen LogP contribution in [-0.2, 0) is 4.79 Å². The number of aryl methyl sites for hydroxylation is 1. The zero-order valence-electron chi connectivity index (χ0n) is 10.6. The number of carbonyl (C=O) groups excluding carboxylic acids is 1. The molecule has 0 spiro atoms. The van der Waals surface area contributed by atoms with Gasteiger partial charge in [-0.2, -0.15) is 0 Å². The fourth-order valence-corrected chi connectivity index (χ4v) is 2.56. The van der Waals surface area contributed by atoms with Gasteiger partial charge in [0.1, 0.15) is 0 Å². The fourth-order valence-electron chi connectivity index (χ4n) is 2.56. The molecule has 1 atom stereocenters. The van der Waals surface area contributed by atoms with Crippen LogP contribution in [0.15, 0.2) is 48.5 Å². The van der Waals surface area contributed by atoms with Crippen LogP contribution in [-0.4, -0.2) is 13.0 Å². The first kappa shape index (κ1) is 11.0. The van der Waals surface area contributed by atoms with Crippen molar-refractivity contribution in [1.29, 1.82) is 0 Å². The Morgan fingerprint density at radius 3 is 2.39 bits per heavy atom. The molecular formula is C16H15NO. The maximum absolute atomic E-state index is 12.4. The van der Waals surface area contributed by atoms with Gasteiger partial charge in [-0.3, -0.25) is 4.79 Å². The highest BCUT2D eigenvalue weighted by Gasteiger charge is 2.35. The number of anilines is 1. The molecule has 0 fully saturated rings. The van der Waals surface area contributed by atoms with Crippen LogP contribution in [0.1, 0.15) is 22.6 Å². The Hall–Kier alpha value is -2.09. The third-order valence-corrected chi connectivity index (χ3v) is 3.60. The number of fused-ring (bicyclic) bond motifs is 1. The molecule has 0 saturated carbocycles. The van der Waals surface area contributed by atoms with E-state index >= 15 is 0 Å². The molecule has 1 aliphatic rings. The van der Waals surface area contributed by atoms with Crippen molar-refractivity contribution >= 4 is 11.6 Å². The van der Waals surface area contributed by atoms with E-state index in [0.717, 1.165) is 16.8 Å². The quantitative estimate of drug-likeness (QED) is 0.746. The van der Waals surface area contributed by atoms with E-state index in [1.807, 2.05) is 43.4 Å². The average molecular weight is 237 g/mol. The maximum atomic E-state index is 12.4. The second-order valence-electron chi connectivity index (χ2n) is 4.80. The summed E-state index contributed by atoms with van der Waals surface area (Å²) in [6.45, 7) is 2.06. The van der Waals surface area contributed by atoms with Gasteiger partial charge in [0.05, 0.1) is 5.92 Å². The van der Waals surface area contributed by atoms with Crippen molar-refractivity contribution in [2.75, 3.05) is 11.9 Å². The molecule has 2 aromatic carbocycles. The van der Waals surface area contributed by atoms with Gasteiger partial charge in [-0.25, -0.2) is 0 Å². The fraction of sp³-hybridized carbons (Fsp3) is 0.188. The number of carbonyl (C=O) groups is 1. The van der Waals surface area contributed by atoms with E-state index in [0.29, 0.717) is 0 Å². The Labute approximate surface area is 107 Å². The second-order valence-corrected chi connectivity index (χ2v) is 4.80. The molecule has 0 aliphatic carbocycles. The standard InChI is InChI=1S/C16H15NO/c1-11-7-9-12(10-8-11)15-13-5-3-4-6-14(13)17(2)16(15)18/h3-10,15H,1-2H3. The highest BCUT2D eigenvalue weighted by molar-refractivity contribution is 6.06. The van der Waals surface area contributed by atoms with Crippen LogP contribution in [0, 0.1) is 6.92 Å². The summed E-state index contributed by atoms with van der Waals surface area (Å²) < 4.78 is 0. The van der Waals surface area contributed by atoms with Gasteiger partial charge in [0.15, 0.2) is 0 Å². The van der Waals surface area contributed by atoms with Gasteiger partial charge >= 0.3 is 0 Å². The Bertz CT molecular complexity index is 601. The van der Waals surface area contributed by atoms with E-state index in [1.165, 1.54) is 5.56 Å². The summed E-state index contributed by atoms with van der Waals surface area (Å²) in [5, 5.41) is 0. The van der Waals surface area contributed by atoms with Crippen molar-refractivity contribution in [3.8, 4) is 0 Å². The van der Waals surface area contributed by atoms with Crippen LogP contribution >= 0.6 is 0 Å². The Balaban J connectivity index is 2.13. The van der Waals surface area contributed by atoms with E-state index < -0.39 is 0 Å². The molecule has 0 bridgehead atoms. The zero-order chi connectivity index (χ0) is 12.7. The van der Waals surface area contributed by atoms with E-state index in [9.17, 15) is 4.79 Å². The first-order valence-corrected chi connectivity index (χ1v) is 6.11. The predicted molar refractivity (Wildman–Crippen MR) is 72.9 cm³/mol. The van der Waals surface area contributed by atoms with Crippen molar-refractivity contribution in [2.45, 2.75) is 12.8 Å². The summed E-state index contributed by atoms with van der Waals surface area (Å²) >= 11 is 0. The number of amides is 1. The number of para-hydroxylation sites is 1. The summed E-state index contributed by atoms with van der Waals surface area (Å²) in [6, 6.07) is 16.2. The number of hydrogen-bond donors (Lipinski definition) is 0. The number of rotatable bonds is 1. The zero-order valence-corrected chi connectivity index (χ0v) is 10.6. The van der Waals surface area contributed by atoms with Crippen LogP contribution in [0.5, 0.6) is 0 Å². The molecule has 0 N–H and O–H groups in total. The van der Waals surface area contributed by atoms with Crippen molar-refractivity contribution in [2.24, 2.45) is 0 Å². The van der Waals surface area contributed by atoms with Crippen LogP contribution in [0.2, 0.25) is 0 Å². The number of benzene rings is 2. The molecule has 0 saturated heterocycles. The van der Waals surface area contributed by atoms with Gasteiger partial charge in [-0.05, 0) is 24.1 Å². The molecule has 90 valence electrons. The van der Waals surface area contributed by atoms with E-state index in [-0.39, 0.29) is 11.8 Å². The Morgan fingerprint density at radius 2 is 1.67 bits per heavy atom. The van der Waals surface area contributed by atoms with Crippen LogP contribution in [0.25, 0.3) is 0 Å². The van der Waals surface area contributed by atoms with Crippen molar-refractivity contribution < 1.29 is 4.79 Å². The molecular weight excluding hydrogens is 222 g/mol. The average Bonchev–Trinajstić information content (AvgIpc) is 2.64. The largest absolute Gasteiger partial charge is 0.314 e. The smallest absolute Gasteiger partial charge is 0.238 e. The number of likely N-dealkylation sites (N-methyl/N-ethyl adjacent to an activating group) is 1. The third kappa shape index (κ3) is 1.53. The van der Waals surface area contributed by atoms with Crippen molar-refractivity contribution in [3.05, 3.63) is 65.2 Å². The second kappa shape index (κ2) is 3.98. The summed E-state index contributed by atoms with van der Waals surface area (Å²) in [6.07, 6.45) is 0. The SMILES string of the molecule is Cc1ccc(C2C(=O)N(C)c3ccccc32)cc1. The third-order valence-electron chi connectivity index (χ3n) is 3.60. The van der Waals surface area contributed by atoms with Gasteiger partial charge in [0.25, 0.3) is 0 Å². The van der Waals surface area contributed by atoms with Gasteiger partial charge < -0.3 is 4.90 Å². The molecule has 1 unspecified atom stereocenters. The molecule has 1 amide bonds. The molecule has 2 heteroatoms. The van der Waals surface area contributed by atoms with E-state index in [4.69, 9.17) is 0 Å². The molecule has 2 aromatic rings. The molecule has 1 heterocycles. The van der Waals surface area contributed by atoms with Gasteiger partial charge in [0.2, 0.25) is 5.91 Å². The molecule has 18 heavy (non-hydrogen) atoms.